The average molecular weight is 556 g/mol. The fourth-order valence-electron chi connectivity index (χ4n) is 6.60. The predicted molar refractivity (Wildman–Crippen MR) is 160 cm³/mol. The molecule has 3 aromatic rings. The van der Waals surface area contributed by atoms with Gasteiger partial charge in [0.25, 0.3) is 0 Å². The van der Waals surface area contributed by atoms with Gasteiger partial charge in [-0.25, -0.2) is 4.39 Å². The Morgan fingerprint density at radius 2 is 1.93 bits per heavy atom. The summed E-state index contributed by atoms with van der Waals surface area (Å²) in [4.78, 5) is 19.2. The van der Waals surface area contributed by atoms with Gasteiger partial charge in [-0.15, -0.1) is 6.58 Å². The van der Waals surface area contributed by atoms with Gasteiger partial charge in [0.1, 0.15) is 18.2 Å². The molecule has 0 aliphatic carbocycles. The van der Waals surface area contributed by atoms with Crippen LogP contribution in [0, 0.1) is 17.1 Å². The predicted octanol–water partition coefficient (Wildman–Crippen LogP) is 4.39. The molecule has 0 N–H and O–H groups in total. The first kappa shape index (κ1) is 27.4. The van der Waals surface area contributed by atoms with Crippen molar-refractivity contribution in [3.8, 4) is 12.1 Å². The summed E-state index contributed by atoms with van der Waals surface area (Å²) in [6.07, 6.45) is 5.43. The van der Waals surface area contributed by atoms with Crippen LogP contribution in [0.15, 0.2) is 49.1 Å². The zero-order valence-corrected chi connectivity index (χ0v) is 23.8. The molecule has 0 amide bonds. The second-order valence-corrected chi connectivity index (χ2v) is 11.4. The maximum atomic E-state index is 14.6. The molecule has 0 saturated carbocycles. The van der Waals surface area contributed by atoms with Gasteiger partial charge in [-0.05, 0) is 45.0 Å². The molecule has 2 fully saturated rings. The average Bonchev–Trinajstić information content (AvgIpc) is 3.41. The van der Waals surface area contributed by atoms with Gasteiger partial charge in [0.2, 0.25) is 0 Å². The number of fused-ring (bicyclic) bond motifs is 2. The lowest BCUT2D eigenvalue weighted by atomic mass is 10.0. The summed E-state index contributed by atoms with van der Waals surface area (Å²) < 4.78 is 20.9. The number of halogens is 1. The van der Waals surface area contributed by atoms with Crippen LogP contribution < -0.4 is 14.5 Å². The Hall–Kier alpha value is -3.74. The van der Waals surface area contributed by atoms with Crippen LogP contribution in [0.5, 0.6) is 6.01 Å². The van der Waals surface area contributed by atoms with Crippen molar-refractivity contribution < 1.29 is 9.13 Å². The van der Waals surface area contributed by atoms with Crippen molar-refractivity contribution in [3.05, 3.63) is 66.1 Å². The smallest absolute Gasteiger partial charge is 0.318 e. The molecule has 3 aliphatic rings. The highest BCUT2D eigenvalue weighted by atomic mass is 19.1. The third-order valence-electron chi connectivity index (χ3n) is 8.88. The highest BCUT2D eigenvalue weighted by molar-refractivity contribution is 5.94. The van der Waals surface area contributed by atoms with Crippen LogP contribution in [0.1, 0.15) is 30.5 Å². The van der Waals surface area contributed by atoms with Crippen molar-refractivity contribution in [2.45, 2.75) is 44.3 Å². The first-order chi connectivity index (χ1) is 20.1. The molecule has 9 heteroatoms. The van der Waals surface area contributed by atoms with Crippen LogP contribution >= 0.6 is 0 Å². The molecule has 6 rings (SSSR count). The number of likely N-dealkylation sites (N-methyl/N-ethyl adjacent to an activating group) is 1. The molecule has 3 aliphatic heterocycles. The summed E-state index contributed by atoms with van der Waals surface area (Å²) >= 11 is 0. The number of aromatic nitrogens is 2. The van der Waals surface area contributed by atoms with E-state index in [1.54, 1.807) is 6.07 Å². The first-order valence-electron chi connectivity index (χ1n) is 14.7. The fourth-order valence-corrected chi connectivity index (χ4v) is 6.60. The SMILES string of the molecule is C=CCN1CCN(c2nc(OC[C@@H]3CCCN3C)nc3c2CCN(c2cccc4c(F)cccc24)C3)CC1CC#N. The Morgan fingerprint density at radius 3 is 2.73 bits per heavy atom. The second kappa shape index (κ2) is 12.0. The minimum Gasteiger partial charge on any atom is -0.462 e. The van der Waals surface area contributed by atoms with Crippen molar-refractivity contribution in [2.75, 3.05) is 62.7 Å². The summed E-state index contributed by atoms with van der Waals surface area (Å²) in [5.41, 5.74) is 3.11. The largest absolute Gasteiger partial charge is 0.462 e. The first-order valence-corrected chi connectivity index (χ1v) is 14.7. The van der Waals surface area contributed by atoms with E-state index in [9.17, 15) is 9.65 Å². The highest BCUT2D eigenvalue weighted by Gasteiger charge is 2.32. The topological polar surface area (TPSA) is 71.8 Å². The van der Waals surface area contributed by atoms with Crippen molar-refractivity contribution >= 4 is 22.3 Å². The third kappa shape index (κ3) is 5.59. The summed E-state index contributed by atoms with van der Waals surface area (Å²) in [5.74, 6) is 0.719. The molecule has 1 aromatic heterocycles. The van der Waals surface area contributed by atoms with Gasteiger partial charge in [0.15, 0.2) is 0 Å². The van der Waals surface area contributed by atoms with Gasteiger partial charge >= 0.3 is 6.01 Å². The summed E-state index contributed by atoms with van der Waals surface area (Å²) in [6, 6.07) is 14.3. The number of benzene rings is 2. The van der Waals surface area contributed by atoms with Crippen LogP contribution in [0.25, 0.3) is 10.8 Å². The Balaban J connectivity index is 1.33. The van der Waals surface area contributed by atoms with E-state index in [1.807, 2.05) is 24.3 Å². The Labute approximate surface area is 241 Å². The molecule has 0 bridgehead atoms. The van der Waals surface area contributed by atoms with E-state index < -0.39 is 0 Å². The van der Waals surface area contributed by atoms with Gasteiger partial charge in [-0.3, -0.25) is 4.90 Å². The van der Waals surface area contributed by atoms with Crippen LogP contribution in [-0.2, 0) is 13.0 Å². The zero-order chi connectivity index (χ0) is 28.3. The Morgan fingerprint density at radius 1 is 1.07 bits per heavy atom. The van der Waals surface area contributed by atoms with E-state index in [-0.39, 0.29) is 11.9 Å². The molecule has 214 valence electrons. The molecule has 1 unspecified atom stereocenters. The van der Waals surface area contributed by atoms with E-state index in [0.717, 1.165) is 80.3 Å². The lowest BCUT2D eigenvalue weighted by Crippen LogP contribution is -2.53. The molecule has 4 heterocycles. The van der Waals surface area contributed by atoms with Crippen LogP contribution in [0.3, 0.4) is 0 Å². The molecule has 0 spiro atoms. The monoisotopic (exact) mass is 555 g/mol. The van der Waals surface area contributed by atoms with Gasteiger partial charge in [0.05, 0.1) is 24.7 Å². The van der Waals surface area contributed by atoms with E-state index in [4.69, 9.17) is 14.7 Å². The number of ether oxygens (including phenoxy) is 1. The number of anilines is 2. The quantitative estimate of drug-likeness (QED) is 0.379. The molecule has 41 heavy (non-hydrogen) atoms. The molecule has 2 atom stereocenters. The van der Waals surface area contributed by atoms with Crippen LogP contribution in [-0.4, -0.2) is 84.8 Å². The molecule has 2 aromatic carbocycles. The number of nitriles is 1. The standard InChI is InChI=1S/C32H38FN7O/c1-3-15-38-18-19-40(20-23(38)12-14-34)31-27-13-17-39(30-11-5-8-25-26(30)9-4-10-28(25)33)21-29(27)35-32(36-31)41-22-24-7-6-16-37(24)2/h3-5,8-11,23-24H,1,6-7,12-13,15-22H2,2H3/t23?,24-/m0/s1. The number of likely N-dealkylation sites (tertiary alicyclic amines) is 1. The van der Waals surface area contributed by atoms with Gasteiger partial charge < -0.3 is 19.4 Å². The van der Waals surface area contributed by atoms with Gasteiger partial charge in [0, 0.05) is 66.8 Å². The number of nitrogens with zero attached hydrogens (tertiary/aromatic N) is 7. The van der Waals surface area contributed by atoms with Gasteiger partial charge in [-0.1, -0.05) is 30.3 Å². The lowest BCUT2D eigenvalue weighted by molar-refractivity contribution is 0.185. The number of rotatable bonds is 8. The number of piperazine rings is 1. The van der Waals surface area contributed by atoms with Crippen molar-refractivity contribution in [2.24, 2.45) is 0 Å². The maximum Gasteiger partial charge on any atom is 0.318 e. The lowest BCUT2D eigenvalue weighted by Gasteiger charge is -2.42. The Kier molecular flexibility index (Phi) is 8.04. The molecular weight excluding hydrogens is 517 g/mol. The molecular formula is C32H38FN7O. The van der Waals surface area contributed by atoms with Crippen molar-refractivity contribution in [1.82, 2.24) is 19.8 Å². The Bertz CT molecular complexity index is 1460. The number of hydrogen-bond acceptors (Lipinski definition) is 8. The molecule has 0 radical (unpaired) electrons. The highest BCUT2D eigenvalue weighted by Crippen LogP contribution is 2.35. The van der Waals surface area contributed by atoms with Crippen LogP contribution in [0.4, 0.5) is 15.9 Å². The zero-order valence-electron chi connectivity index (χ0n) is 23.8. The van der Waals surface area contributed by atoms with E-state index in [0.29, 0.717) is 37.0 Å². The third-order valence-corrected chi connectivity index (χ3v) is 8.88. The minimum atomic E-state index is -0.207. The maximum absolute atomic E-state index is 14.6. The summed E-state index contributed by atoms with van der Waals surface area (Å²) in [5, 5.41) is 11.1. The van der Waals surface area contributed by atoms with Crippen molar-refractivity contribution in [3.63, 3.8) is 0 Å². The summed E-state index contributed by atoms with van der Waals surface area (Å²) in [6.45, 7) is 10.1. The fraction of sp³-hybridized carbons (Fsp3) is 0.469. The second-order valence-electron chi connectivity index (χ2n) is 11.4. The van der Waals surface area contributed by atoms with Gasteiger partial charge in [-0.2, -0.15) is 15.2 Å². The number of hydrogen-bond donors (Lipinski definition) is 0. The minimum absolute atomic E-state index is 0.111. The van der Waals surface area contributed by atoms with E-state index in [2.05, 4.69) is 45.4 Å². The summed E-state index contributed by atoms with van der Waals surface area (Å²) in [7, 11) is 2.14. The van der Waals surface area contributed by atoms with Crippen molar-refractivity contribution in [1.29, 1.82) is 5.26 Å². The van der Waals surface area contributed by atoms with E-state index >= 15 is 0 Å². The molecule has 8 nitrogen and oxygen atoms in total. The molecule has 2 saturated heterocycles. The van der Waals surface area contributed by atoms with E-state index in [1.165, 1.54) is 12.5 Å². The van der Waals surface area contributed by atoms with Crippen LogP contribution in [0.2, 0.25) is 0 Å². The normalized spacial score (nSPS) is 21.6.